The number of carbonyl (C=O) groups is 10. The molecule has 9 aromatic carbocycles. The lowest BCUT2D eigenvalue weighted by Crippen LogP contribution is -3.00. The van der Waals surface area contributed by atoms with Crippen molar-refractivity contribution in [2.75, 3.05) is 231 Å². The lowest BCUT2D eigenvalue weighted by atomic mass is 9.81. The van der Waals surface area contributed by atoms with Crippen LogP contribution < -0.4 is 82.0 Å². The van der Waals surface area contributed by atoms with E-state index >= 15 is 0 Å². The second kappa shape index (κ2) is 52.6. The molecule has 4 aliphatic carbocycles. The van der Waals surface area contributed by atoms with E-state index < -0.39 is 42.8 Å². The number of carbonyl (C=O) groups excluding carboxylic acids is 10. The first-order valence-electron chi connectivity index (χ1n) is 46.1. The Morgan fingerprint density at radius 1 is 0.404 bits per heavy atom. The topological polar surface area (TPSA) is 617 Å². The fourth-order valence-corrected chi connectivity index (χ4v) is 16.3. The van der Waals surface area contributed by atoms with Gasteiger partial charge in [-0.25, -0.2) is 25.3 Å². The summed E-state index contributed by atoms with van der Waals surface area (Å²) < 4.78 is 108. The molecule has 41 nitrogen and oxygen atoms in total. The number of phenolic OH excluding ortho intramolecular Hbond substituents is 1. The van der Waals surface area contributed by atoms with Crippen molar-refractivity contribution in [3.05, 3.63) is 234 Å². The number of methoxy groups -OCH3 is 1. The molecule has 0 bridgehead atoms. The van der Waals surface area contributed by atoms with Crippen LogP contribution in [-0.4, -0.2) is 302 Å². The summed E-state index contributed by atoms with van der Waals surface area (Å²) in [5.74, 6) is -2.93. The Bertz CT molecular complexity index is 6660. The smallest absolute Gasteiger partial charge is 0.221 e. The first-order valence-corrected chi connectivity index (χ1v) is 50.1. The molecule has 13 rings (SSSR count). The number of quaternary nitrogens is 4. The van der Waals surface area contributed by atoms with Crippen LogP contribution in [0.1, 0.15) is 200 Å². The van der Waals surface area contributed by atoms with E-state index in [1.165, 1.54) is 39.5 Å². The molecule has 146 heavy (non-hydrogen) atoms. The molecule has 45 heteroatoms. The van der Waals surface area contributed by atoms with Gasteiger partial charge in [0.15, 0.2) is 46.3 Å². The maximum Gasteiger partial charge on any atom is 0.221 e. The van der Waals surface area contributed by atoms with Gasteiger partial charge in [-0.15, -0.1) is 0 Å². The first kappa shape index (κ1) is 121. The van der Waals surface area contributed by atoms with Gasteiger partial charge in [0, 0.05) is 152 Å². The van der Waals surface area contributed by atoms with Gasteiger partial charge in [0.05, 0.1) is 227 Å². The van der Waals surface area contributed by atoms with Gasteiger partial charge in [0.1, 0.15) is 30.4 Å². The van der Waals surface area contributed by atoms with Crippen molar-refractivity contribution in [3.63, 3.8) is 0 Å². The van der Waals surface area contributed by atoms with Gasteiger partial charge >= 0.3 is 0 Å². The average Bonchev–Trinajstić information content (AvgIpc) is 0.665. The maximum absolute atomic E-state index is 13.7. The van der Waals surface area contributed by atoms with E-state index in [0.29, 0.717) is 99.7 Å². The number of fused-ring (bicyclic) bond motifs is 8. The van der Waals surface area contributed by atoms with Crippen LogP contribution in [0.4, 0.5) is 62.6 Å². The lowest BCUT2D eigenvalue weighted by Gasteiger charge is -2.30. The molecule has 0 atom stereocenters. The number of hydrogen-bond acceptors (Lipinski definition) is 35. The molecule has 0 saturated heterocycles. The van der Waals surface area contributed by atoms with Gasteiger partial charge in [-0.05, 0) is 76.2 Å². The fourth-order valence-electron chi connectivity index (χ4n) is 16.0. The van der Waals surface area contributed by atoms with Crippen LogP contribution in [0.15, 0.2) is 140 Å². The van der Waals surface area contributed by atoms with Gasteiger partial charge in [0.2, 0.25) is 43.0 Å². The molecular formula is C101H132ClN15O26S3. The van der Waals surface area contributed by atoms with Gasteiger partial charge in [0.25, 0.3) is 0 Å². The number of amides is 2. The molecule has 0 heterocycles. The molecule has 0 saturated carbocycles. The van der Waals surface area contributed by atoms with Crippen molar-refractivity contribution in [1.82, 2.24) is 0 Å². The molecule has 792 valence electrons. The molecule has 0 aromatic heterocycles. The van der Waals surface area contributed by atoms with Crippen molar-refractivity contribution in [1.29, 1.82) is 0 Å². The third kappa shape index (κ3) is 33.3. The number of nitrogens with two attached hydrogens (primary N) is 4. The normalized spacial score (nSPS) is 12.7. The molecule has 0 aliphatic heterocycles. The zero-order valence-electron chi connectivity index (χ0n) is 85.3. The van der Waals surface area contributed by atoms with Crippen LogP contribution in [0.3, 0.4) is 0 Å². The van der Waals surface area contributed by atoms with Crippen LogP contribution >= 0.6 is 0 Å². The molecular weight excluding hydrogens is 1970 g/mol. The predicted octanol–water partition coefficient (Wildman–Crippen LogP) is 6.67. The van der Waals surface area contributed by atoms with Crippen LogP contribution in [0, 0.1) is 0 Å². The number of aromatic hydroxyl groups is 1. The predicted molar refractivity (Wildman–Crippen MR) is 552 cm³/mol. The SMILES string of the molecule is CC(=O)Nc1cccc2c1C(=O)c1c(NCCC[N+](C)(C)C)cc(OCCO)c(N)c1C2=O.CC(C)Nc1ccc(NCCC[N+](C)(C)C)c2c1C(=O)c1cccc(O)c1C2=O.CCOS(=O)(=O)[O-].CC[N+](C)(C)CCCNc1cc(OC)c(N)c2c1C(=O)c1c(NC(C)=O)cccc1C2=O.COS(=O)(=O)[O-].COS(=O)(=O)[O-].C[N+](C)(CCCNc1ccc(N)c2c1C(=O)c1c(N)cccc1C2=O)Cc1ccccc1.[Cl-]. The molecule has 0 fully saturated rings. The summed E-state index contributed by atoms with van der Waals surface area (Å²) in [7, 11) is 11.3. The van der Waals surface area contributed by atoms with E-state index in [1.54, 1.807) is 91.0 Å². The zero-order chi connectivity index (χ0) is 109. The number of rotatable bonds is 35. The molecule has 0 unspecified atom stereocenters. The minimum absolute atomic E-state index is 0. The van der Waals surface area contributed by atoms with E-state index in [9.17, 15) is 92.0 Å². The quantitative estimate of drug-likeness (QED) is 0.00648. The van der Waals surface area contributed by atoms with E-state index in [0.717, 1.165) is 97.1 Å². The Morgan fingerprint density at radius 2 is 0.760 bits per heavy atom. The van der Waals surface area contributed by atoms with Crippen LogP contribution in [0.2, 0.25) is 0 Å². The number of benzene rings is 9. The molecule has 0 spiro atoms. The summed E-state index contributed by atoms with van der Waals surface area (Å²) in [5.41, 5.74) is 33.6. The monoisotopic (exact) mass is 2100 g/mol. The Kier molecular flexibility index (Phi) is 43.7. The molecule has 0 radical (unpaired) electrons. The summed E-state index contributed by atoms with van der Waals surface area (Å²) >= 11 is 0. The third-order valence-electron chi connectivity index (χ3n) is 22.8. The number of aliphatic hydroxyl groups excluding tert-OH is 1. The average molecular weight is 2100 g/mol. The summed E-state index contributed by atoms with van der Waals surface area (Å²) in [6.45, 7) is 18.2. The van der Waals surface area contributed by atoms with E-state index in [4.69, 9.17) is 37.5 Å². The number of ether oxygens (including phenoxy) is 2. The Morgan fingerprint density at radius 3 is 1.18 bits per heavy atom. The Labute approximate surface area is 858 Å². The van der Waals surface area contributed by atoms with Crippen molar-refractivity contribution < 1.29 is 149 Å². The van der Waals surface area contributed by atoms with E-state index in [1.807, 2.05) is 32.0 Å². The summed E-state index contributed by atoms with van der Waals surface area (Å²) in [6, 6.07) is 40.0. The number of nitrogens with zero attached hydrogens (tertiary/aromatic N) is 4. The van der Waals surface area contributed by atoms with Crippen LogP contribution in [-0.2, 0) is 59.9 Å². The van der Waals surface area contributed by atoms with Crippen molar-refractivity contribution in [3.8, 4) is 17.2 Å². The molecule has 4 aliphatic rings. The highest BCUT2D eigenvalue weighted by molar-refractivity contribution is 7.81. The third-order valence-corrected chi connectivity index (χ3v) is 24.2. The second-order valence-electron chi connectivity index (χ2n) is 37.4. The van der Waals surface area contributed by atoms with Gasteiger partial charge in [-0.1, -0.05) is 78.9 Å². The highest BCUT2D eigenvalue weighted by Gasteiger charge is 2.42. The number of nitrogen functional groups attached to an aromatic ring is 4. The number of phenols is 1. The Balaban J connectivity index is 0.000000279. The number of nitrogens with one attached hydrogen (secondary N) is 7. The van der Waals surface area contributed by atoms with Crippen molar-refractivity contribution in [2.24, 2.45) is 0 Å². The van der Waals surface area contributed by atoms with E-state index in [-0.39, 0.29) is 180 Å². The Hall–Kier alpha value is -13.4. The second-order valence-corrected chi connectivity index (χ2v) is 40.8. The largest absolute Gasteiger partial charge is 1.00 e. The van der Waals surface area contributed by atoms with Crippen LogP contribution in [0.5, 0.6) is 17.2 Å². The summed E-state index contributed by atoms with van der Waals surface area (Å²) in [5, 5.41) is 41.3. The minimum atomic E-state index is -4.42. The molecule has 2 amide bonds. The summed E-state index contributed by atoms with van der Waals surface area (Å²) in [6.07, 6.45) is 3.53. The zero-order valence-corrected chi connectivity index (χ0v) is 88.5. The van der Waals surface area contributed by atoms with Crippen LogP contribution in [0.25, 0.3) is 0 Å². The summed E-state index contributed by atoms with van der Waals surface area (Å²) in [4.78, 5) is 131. The van der Waals surface area contributed by atoms with Gasteiger partial charge in [-0.2, -0.15) is 0 Å². The maximum atomic E-state index is 13.7. The van der Waals surface area contributed by atoms with Crippen molar-refractivity contribution >= 4 is 152 Å². The van der Waals surface area contributed by atoms with Gasteiger partial charge < -0.3 is 124 Å². The highest BCUT2D eigenvalue weighted by atomic mass is 35.5. The number of anilines is 11. The van der Waals surface area contributed by atoms with E-state index in [2.05, 4.69) is 151 Å². The standard InChI is InChI=1S/C26H28N4O2.C24H30N4O5.C24H30N4O4.C23H29N3O3.C2H6O4S.2CH4O4S.ClH/c1-30(2,16-17-8-4-3-5-9-17)15-7-14-29-21-13-12-20(28)23-24(21)26(32)22-18(25(23)31)10-6-11-19(22)27;1-14(30)27-16-8-5-7-15-19(16)24(32)20-17(26-9-6-10-28(2,3)4)13-18(33-12-11-29)22(25)21(20)23(15)31;1-6-28(3,4)12-8-11-26-17-13-18(32-5)22(25)21-20(17)24(31)19-15(23(21)30)9-7-10-16(19)27-14(2)29;1-14(2)25-17-11-10-16(24-12-7-13-26(3,4)5)20-21(17)22(28)15-8-6-9-18(27)19(15)23(20)29;1-2-6-7(3,4)5;2*1-5-6(2,3)4;/h3-6,8-13H,7,14-16H2,1-2H3,(H4-,27,28,29,31,32);5,7-8,13,29H,6,9-12H2,1-4H3,(H3-,25,26,27,30,31,32);7,9-10,13H,6,8,11-12H2,1-5H3,(H3-,25,26,27,29,30,31);6,8-11,14H,7,12-13H2,1-5H3,(H2-,24,25,27,28,29);2H2,1H3,(H,3,4,5);2*1H3,(H,2,3,4);1H. The number of ketones is 8. The minimum Gasteiger partial charge on any atom is -1.00 e. The molecule has 9 aromatic rings. The fraction of sp³-hybridized carbons (Fsp3) is 0.366. The number of halogens is 1. The highest BCUT2D eigenvalue weighted by Crippen LogP contribution is 2.46. The molecule has 17 N–H and O–H groups in total. The lowest BCUT2D eigenvalue weighted by molar-refractivity contribution is -0.903. The first-order chi connectivity index (χ1) is 67.7. The van der Waals surface area contributed by atoms with Gasteiger partial charge in [-0.3, -0.25) is 60.5 Å². The number of aliphatic hydroxyl groups is 1. The van der Waals surface area contributed by atoms with Crippen molar-refractivity contribution in [2.45, 2.75) is 79.8 Å². The number of hydrogen-bond donors (Lipinski definition) is 13.